The summed E-state index contributed by atoms with van der Waals surface area (Å²) in [6.07, 6.45) is -2.58. The Morgan fingerprint density at radius 2 is 1.50 bits per heavy atom. The second kappa shape index (κ2) is 7.07. The van der Waals surface area contributed by atoms with Crippen LogP contribution in [0, 0.1) is 5.92 Å². The molecule has 0 fully saturated rings. The lowest BCUT2D eigenvalue weighted by Crippen LogP contribution is -2.23. The lowest BCUT2D eigenvalue weighted by Gasteiger charge is -2.16. The van der Waals surface area contributed by atoms with E-state index in [2.05, 4.69) is 0 Å². The van der Waals surface area contributed by atoms with E-state index in [-0.39, 0.29) is 0 Å². The zero-order valence-corrected chi connectivity index (χ0v) is 11.8. The number of allylic oxidation sites excluding steroid dienone is 1. The van der Waals surface area contributed by atoms with Crippen LogP contribution in [0.2, 0.25) is 0 Å². The minimum absolute atomic E-state index is 0.296. The number of Topliss-reactive ketones (excluding diaryl/α,β-unsaturated/α-hetero) is 1. The highest BCUT2D eigenvalue weighted by Crippen LogP contribution is 2.31. The number of carbonyl (C=O) groups excluding carboxylic acids is 1. The van der Waals surface area contributed by atoms with Gasteiger partial charge in [-0.2, -0.15) is 13.2 Å². The molecular weight excluding hydrogens is 289 g/mol. The molecule has 2 rings (SSSR count). The fourth-order valence-electron chi connectivity index (χ4n) is 2.03. The topological polar surface area (TPSA) is 17.1 Å². The monoisotopic (exact) mass is 304 g/mol. The molecule has 1 atom stereocenters. The number of ketones is 1. The van der Waals surface area contributed by atoms with Crippen molar-refractivity contribution in [2.45, 2.75) is 12.6 Å². The zero-order valence-electron chi connectivity index (χ0n) is 11.8. The third kappa shape index (κ3) is 4.58. The highest BCUT2D eigenvalue weighted by Gasteiger charge is 2.39. The van der Waals surface area contributed by atoms with E-state index >= 15 is 0 Å². The maximum absolute atomic E-state index is 13.1. The zero-order chi connectivity index (χ0) is 16.0. The van der Waals surface area contributed by atoms with Crippen LogP contribution in [0.25, 0.3) is 6.08 Å². The van der Waals surface area contributed by atoms with Gasteiger partial charge in [-0.25, -0.2) is 0 Å². The van der Waals surface area contributed by atoms with Gasteiger partial charge in [0.05, 0.1) is 5.92 Å². The van der Waals surface area contributed by atoms with E-state index in [4.69, 9.17) is 0 Å². The molecule has 0 N–H and O–H groups in total. The van der Waals surface area contributed by atoms with Crippen LogP contribution in [0.4, 0.5) is 13.2 Å². The Balaban J connectivity index is 2.14. The van der Waals surface area contributed by atoms with Gasteiger partial charge in [0.15, 0.2) is 5.78 Å². The molecule has 0 spiro atoms. The third-order valence-electron chi connectivity index (χ3n) is 3.24. The molecule has 2 aromatic rings. The highest BCUT2D eigenvalue weighted by atomic mass is 19.4. The Kier molecular flexibility index (Phi) is 5.15. The van der Waals surface area contributed by atoms with Crippen LogP contribution in [0.1, 0.15) is 22.3 Å². The van der Waals surface area contributed by atoms with Gasteiger partial charge in [-0.1, -0.05) is 72.8 Å². The van der Waals surface area contributed by atoms with E-state index < -0.39 is 24.3 Å². The van der Waals surface area contributed by atoms with Crippen molar-refractivity contribution >= 4 is 11.9 Å². The van der Waals surface area contributed by atoms with Crippen LogP contribution in [-0.2, 0) is 0 Å². The van der Waals surface area contributed by atoms with Crippen molar-refractivity contribution in [3.8, 4) is 0 Å². The number of halogens is 3. The molecule has 0 saturated heterocycles. The summed E-state index contributed by atoms with van der Waals surface area (Å²) in [4.78, 5) is 12.0. The number of benzene rings is 2. The fourth-order valence-corrected chi connectivity index (χ4v) is 2.03. The van der Waals surface area contributed by atoms with Gasteiger partial charge in [-0.3, -0.25) is 4.79 Å². The molecule has 114 valence electrons. The van der Waals surface area contributed by atoms with E-state index in [1.807, 2.05) is 0 Å². The first kappa shape index (κ1) is 16.0. The minimum Gasteiger partial charge on any atom is -0.294 e. The average Bonchev–Trinajstić information content (AvgIpc) is 2.52. The summed E-state index contributed by atoms with van der Waals surface area (Å²) in [5.74, 6) is -2.30. The van der Waals surface area contributed by atoms with Gasteiger partial charge in [-0.15, -0.1) is 0 Å². The molecule has 0 aliphatic rings. The van der Waals surface area contributed by atoms with Crippen LogP contribution in [0.15, 0.2) is 66.7 Å². The largest absolute Gasteiger partial charge is 0.395 e. The lowest BCUT2D eigenvalue weighted by atomic mass is 9.96. The molecule has 1 nitrogen and oxygen atoms in total. The summed E-state index contributed by atoms with van der Waals surface area (Å²) in [6, 6.07) is 16.7. The fraction of sp³-hybridized carbons (Fsp3) is 0.167. The summed E-state index contributed by atoms with van der Waals surface area (Å²) in [6.45, 7) is 0. The molecule has 0 aliphatic carbocycles. The predicted octanol–water partition coefficient (Wildman–Crippen LogP) is 5.15. The average molecular weight is 304 g/mol. The first-order valence-corrected chi connectivity index (χ1v) is 6.85. The second-order valence-corrected chi connectivity index (χ2v) is 4.91. The maximum Gasteiger partial charge on any atom is 0.395 e. The molecule has 22 heavy (non-hydrogen) atoms. The Labute approximate surface area is 127 Å². The Bertz CT molecular complexity index is 630. The van der Waals surface area contributed by atoms with E-state index in [1.54, 1.807) is 48.5 Å². The molecule has 2 aromatic carbocycles. The molecule has 0 bridgehead atoms. The van der Waals surface area contributed by atoms with Gasteiger partial charge < -0.3 is 0 Å². The molecule has 0 amide bonds. The molecule has 1 unspecified atom stereocenters. The van der Waals surface area contributed by atoms with Gasteiger partial charge in [0.2, 0.25) is 0 Å². The van der Waals surface area contributed by atoms with Crippen LogP contribution in [0.3, 0.4) is 0 Å². The van der Waals surface area contributed by atoms with Crippen LogP contribution in [0.5, 0.6) is 0 Å². The van der Waals surface area contributed by atoms with Crippen molar-refractivity contribution in [1.29, 1.82) is 0 Å². The summed E-state index contributed by atoms with van der Waals surface area (Å²) in [7, 11) is 0. The molecule has 0 heterocycles. The molecule has 0 radical (unpaired) electrons. The second-order valence-electron chi connectivity index (χ2n) is 4.91. The number of alkyl halides is 3. The van der Waals surface area contributed by atoms with Crippen molar-refractivity contribution in [3.05, 3.63) is 77.9 Å². The van der Waals surface area contributed by atoms with Crippen molar-refractivity contribution in [2.75, 3.05) is 0 Å². The summed E-state index contributed by atoms with van der Waals surface area (Å²) < 4.78 is 39.3. The van der Waals surface area contributed by atoms with Crippen molar-refractivity contribution < 1.29 is 18.0 Å². The number of hydrogen-bond donors (Lipinski definition) is 0. The summed E-state index contributed by atoms with van der Waals surface area (Å²) in [5.41, 5.74) is 0.966. The van der Waals surface area contributed by atoms with Crippen LogP contribution < -0.4 is 0 Å². The van der Waals surface area contributed by atoms with Crippen LogP contribution >= 0.6 is 0 Å². The normalized spacial score (nSPS) is 13.2. The SMILES string of the molecule is O=C(CC(/C=C/c1ccccc1)C(F)(F)F)c1ccccc1. The number of rotatable bonds is 5. The van der Waals surface area contributed by atoms with E-state index in [0.717, 1.165) is 6.08 Å². The lowest BCUT2D eigenvalue weighted by molar-refractivity contribution is -0.160. The van der Waals surface area contributed by atoms with Crippen molar-refractivity contribution in [3.63, 3.8) is 0 Å². The van der Waals surface area contributed by atoms with Gasteiger partial charge in [0, 0.05) is 12.0 Å². The summed E-state index contributed by atoms with van der Waals surface area (Å²) >= 11 is 0. The standard InChI is InChI=1S/C18H15F3O/c19-18(20,21)16(12-11-14-7-3-1-4-8-14)13-17(22)15-9-5-2-6-10-15/h1-12,16H,13H2/b12-11+. The first-order valence-electron chi connectivity index (χ1n) is 6.85. The quantitative estimate of drug-likeness (QED) is 0.698. The van der Waals surface area contributed by atoms with Gasteiger partial charge >= 0.3 is 6.18 Å². The highest BCUT2D eigenvalue weighted by molar-refractivity contribution is 5.96. The maximum atomic E-state index is 13.1. The molecule has 0 aromatic heterocycles. The number of hydrogen-bond acceptors (Lipinski definition) is 1. The Hall–Kier alpha value is -2.36. The predicted molar refractivity (Wildman–Crippen MR) is 80.4 cm³/mol. The van der Waals surface area contributed by atoms with E-state index in [0.29, 0.717) is 11.1 Å². The van der Waals surface area contributed by atoms with E-state index in [9.17, 15) is 18.0 Å². The van der Waals surface area contributed by atoms with E-state index in [1.165, 1.54) is 18.2 Å². The molecule has 0 aliphatic heterocycles. The van der Waals surface area contributed by atoms with Gasteiger partial charge in [0.1, 0.15) is 0 Å². The first-order chi connectivity index (χ1) is 10.5. The van der Waals surface area contributed by atoms with Gasteiger partial charge in [-0.05, 0) is 5.56 Å². The van der Waals surface area contributed by atoms with Crippen LogP contribution in [-0.4, -0.2) is 12.0 Å². The Morgan fingerprint density at radius 3 is 2.05 bits per heavy atom. The minimum atomic E-state index is -4.45. The molecular formula is C18H15F3O. The molecule has 0 saturated carbocycles. The number of carbonyl (C=O) groups is 1. The summed E-state index contributed by atoms with van der Waals surface area (Å²) in [5, 5.41) is 0. The van der Waals surface area contributed by atoms with Crippen molar-refractivity contribution in [2.24, 2.45) is 5.92 Å². The molecule has 4 heteroatoms. The smallest absolute Gasteiger partial charge is 0.294 e. The third-order valence-corrected chi connectivity index (χ3v) is 3.24. The van der Waals surface area contributed by atoms with Gasteiger partial charge in [0.25, 0.3) is 0 Å². The van der Waals surface area contributed by atoms with Crippen molar-refractivity contribution in [1.82, 2.24) is 0 Å². The Morgan fingerprint density at radius 1 is 0.955 bits per heavy atom.